The number of aromatic amines is 1. The first-order valence-corrected chi connectivity index (χ1v) is 7.28. The van der Waals surface area contributed by atoms with Crippen molar-refractivity contribution in [1.82, 2.24) is 14.4 Å². The normalized spacial score (nSPS) is 11.5. The molecule has 0 aliphatic heterocycles. The van der Waals surface area contributed by atoms with Crippen molar-refractivity contribution in [2.75, 3.05) is 0 Å². The number of hydrogen-bond acceptors (Lipinski definition) is 2. The fraction of sp³-hybridized carbons (Fsp3) is 0.286. The Bertz CT molecular complexity index is 804. The first-order valence-electron chi connectivity index (χ1n) is 6.49. The number of carboxylic acids is 1. The molecule has 3 rings (SSSR count). The number of carbonyl (C=O) groups is 1. The molecule has 2 heterocycles. The SMILES string of the molecule is CCc1ccc2nc3[nH]c(CCC(=O)O)c(Br)n3c2c1. The molecule has 0 amide bonds. The number of imidazole rings is 2. The minimum Gasteiger partial charge on any atom is -0.481 e. The number of carboxylic acid groups (broad SMARTS) is 1. The summed E-state index contributed by atoms with van der Waals surface area (Å²) >= 11 is 3.55. The maximum atomic E-state index is 10.7. The summed E-state index contributed by atoms with van der Waals surface area (Å²) in [7, 11) is 0. The number of hydrogen-bond donors (Lipinski definition) is 2. The molecule has 0 aliphatic carbocycles. The Morgan fingerprint density at radius 3 is 3.00 bits per heavy atom. The van der Waals surface area contributed by atoms with Crippen LogP contribution in [0, 0.1) is 0 Å². The van der Waals surface area contributed by atoms with Gasteiger partial charge in [0.2, 0.25) is 5.78 Å². The summed E-state index contributed by atoms with van der Waals surface area (Å²) in [5, 5.41) is 8.78. The second kappa shape index (κ2) is 4.94. The molecule has 5 nitrogen and oxygen atoms in total. The number of benzene rings is 1. The highest BCUT2D eigenvalue weighted by molar-refractivity contribution is 9.10. The molecule has 2 aromatic heterocycles. The van der Waals surface area contributed by atoms with Crippen molar-refractivity contribution in [3.05, 3.63) is 34.1 Å². The molecule has 0 spiro atoms. The van der Waals surface area contributed by atoms with Crippen LogP contribution in [0.4, 0.5) is 0 Å². The van der Waals surface area contributed by atoms with Gasteiger partial charge in [0.1, 0.15) is 4.60 Å². The van der Waals surface area contributed by atoms with Crippen molar-refractivity contribution in [3.63, 3.8) is 0 Å². The van der Waals surface area contributed by atoms with Crippen LogP contribution in [0.15, 0.2) is 22.8 Å². The lowest BCUT2D eigenvalue weighted by atomic mass is 10.1. The van der Waals surface area contributed by atoms with E-state index in [1.54, 1.807) is 0 Å². The van der Waals surface area contributed by atoms with Crippen LogP contribution in [0.3, 0.4) is 0 Å². The van der Waals surface area contributed by atoms with Gasteiger partial charge in [-0.2, -0.15) is 0 Å². The van der Waals surface area contributed by atoms with Gasteiger partial charge in [0.15, 0.2) is 0 Å². The first-order chi connectivity index (χ1) is 9.60. The molecule has 0 saturated carbocycles. The third-order valence-electron chi connectivity index (χ3n) is 3.42. The summed E-state index contributed by atoms with van der Waals surface area (Å²) in [4.78, 5) is 18.4. The Morgan fingerprint density at radius 1 is 1.50 bits per heavy atom. The lowest BCUT2D eigenvalue weighted by Crippen LogP contribution is -1.98. The number of halogens is 1. The van der Waals surface area contributed by atoms with Crippen LogP contribution in [0.25, 0.3) is 16.8 Å². The predicted molar refractivity (Wildman–Crippen MR) is 80.1 cm³/mol. The van der Waals surface area contributed by atoms with Gasteiger partial charge in [-0.05, 0) is 40.0 Å². The molecule has 0 unspecified atom stereocenters. The minimum atomic E-state index is -0.803. The number of aliphatic carboxylic acids is 1. The molecule has 20 heavy (non-hydrogen) atoms. The Hall–Kier alpha value is -1.82. The van der Waals surface area contributed by atoms with Gasteiger partial charge in [-0.15, -0.1) is 0 Å². The average molecular weight is 336 g/mol. The number of nitrogens with zero attached hydrogens (tertiary/aromatic N) is 2. The average Bonchev–Trinajstić information content (AvgIpc) is 2.92. The molecular formula is C14H14BrN3O2. The van der Waals surface area contributed by atoms with Gasteiger partial charge < -0.3 is 10.1 Å². The van der Waals surface area contributed by atoms with E-state index in [2.05, 4.69) is 45.0 Å². The van der Waals surface area contributed by atoms with Crippen molar-refractivity contribution in [2.24, 2.45) is 0 Å². The van der Waals surface area contributed by atoms with E-state index in [1.807, 2.05) is 10.5 Å². The minimum absolute atomic E-state index is 0.0976. The monoisotopic (exact) mass is 335 g/mol. The second-order valence-electron chi connectivity index (χ2n) is 4.74. The highest BCUT2D eigenvalue weighted by atomic mass is 79.9. The van der Waals surface area contributed by atoms with E-state index in [9.17, 15) is 4.79 Å². The number of rotatable bonds is 4. The van der Waals surface area contributed by atoms with Crippen molar-refractivity contribution in [2.45, 2.75) is 26.2 Å². The van der Waals surface area contributed by atoms with Crippen molar-refractivity contribution in [1.29, 1.82) is 0 Å². The number of nitrogens with one attached hydrogen (secondary N) is 1. The van der Waals surface area contributed by atoms with Crippen LogP contribution in [0.2, 0.25) is 0 Å². The van der Waals surface area contributed by atoms with E-state index in [4.69, 9.17) is 5.11 Å². The first kappa shape index (κ1) is 13.2. The zero-order chi connectivity index (χ0) is 14.3. The lowest BCUT2D eigenvalue weighted by Gasteiger charge is -1.99. The van der Waals surface area contributed by atoms with Crippen LogP contribution >= 0.6 is 15.9 Å². The molecule has 6 heteroatoms. The van der Waals surface area contributed by atoms with Gasteiger partial charge in [-0.3, -0.25) is 9.20 Å². The van der Waals surface area contributed by atoms with Gasteiger partial charge in [0.05, 0.1) is 17.5 Å². The summed E-state index contributed by atoms with van der Waals surface area (Å²) < 4.78 is 2.84. The van der Waals surface area contributed by atoms with E-state index in [0.29, 0.717) is 6.42 Å². The molecule has 1 aromatic carbocycles. The van der Waals surface area contributed by atoms with Gasteiger partial charge in [-0.1, -0.05) is 13.0 Å². The van der Waals surface area contributed by atoms with Gasteiger partial charge >= 0.3 is 5.97 Å². The molecule has 0 saturated heterocycles. The highest BCUT2D eigenvalue weighted by Crippen LogP contribution is 2.26. The zero-order valence-electron chi connectivity index (χ0n) is 11.0. The van der Waals surface area contributed by atoms with Gasteiger partial charge in [-0.25, -0.2) is 4.98 Å². The molecule has 104 valence electrons. The number of aromatic nitrogens is 3. The Labute approximate surface area is 123 Å². The van der Waals surface area contributed by atoms with E-state index in [-0.39, 0.29) is 6.42 Å². The zero-order valence-corrected chi connectivity index (χ0v) is 12.6. The largest absolute Gasteiger partial charge is 0.481 e. The van der Waals surface area contributed by atoms with E-state index < -0.39 is 5.97 Å². The molecule has 2 N–H and O–H groups in total. The summed E-state index contributed by atoms with van der Waals surface area (Å²) in [6.45, 7) is 2.11. The summed E-state index contributed by atoms with van der Waals surface area (Å²) in [5.41, 5.74) is 4.07. The molecular weight excluding hydrogens is 322 g/mol. The summed E-state index contributed by atoms with van der Waals surface area (Å²) in [5.74, 6) is -0.0669. The number of fused-ring (bicyclic) bond motifs is 3. The smallest absolute Gasteiger partial charge is 0.303 e. The Kier molecular flexibility index (Phi) is 3.25. The summed E-state index contributed by atoms with van der Waals surface area (Å²) in [6.07, 6.45) is 1.52. The summed E-state index contributed by atoms with van der Waals surface area (Å²) in [6, 6.07) is 6.21. The van der Waals surface area contributed by atoms with Crippen LogP contribution in [0.1, 0.15) is 24.6 Å². The third kappa shape index (κ3) is 2.10. The van der Waals surface area contributed by atoms with Crippen LogP contribution in [-0.2, 0) is 17.6 Å². The number of H-pyrrole nitrogens is 1. The maximum absolute atomic E-state index is 10.7. The third-order valence-corrected chi connectivity index (χ3v) is 4.26. The molecule has 0 atom stereocenters. The molecule has 0 fully saturated rings. The van der Waals surface area contributed by atoms with Crippen LogP contribution in [-0.4, -0.2) is 25.4 Å². The van der Waals surface area contributed by atoms with Gasteiger partial charge in [0, 0.05) is 12.1 Å². The second-order valence-corrected chi connectivity index (χ2v) is 5.49. The van der Waals surface area contributed by atoms with Crippen molar-refractivity contribution < 1.29 is 9.90 Å². The van der Waals surface area contributed by atoms with Crippen LogP contribution < -0.4 is 0 Å². The van der Waals surface area contributed by atoms with E-state index >= 15 is 0 Å². The Morgan fingerprint density at radius 2 is 2.30 bits per heavy atom. The maximum Gasteiger partial charge on any atom is 0.303 e. The predicted octanol–water partition coefficient (Wildman–Crippen LogP) is 3.16. The van der Waals surface area contributed by atoms with E-state index in [1.165, 1.54) is 5.56 Å². The van der Waals surface area contributed by atoms with Gasteiger partial charge in [0.25, 0.3) is 0 Å². The van der Waals surface area contributed by atoms with Crippen molar-refractivity contribution in [3.8, 4) is 0 Å². The molecule has 3 aromatic rings. The molecule has 0 aliphatic rings. The number of aryl methyl sites for hydroxylation is 2. The highest BCUT2D eigenvalue weighted by Gasteiger charge is 2.15. The Balaban J connectivity index is 2.14. The molecule has 0 bridgehead atoms. The molecule has 0 radical (unpaired) electrons. The van der Waals surface area contributed by atoms with Crippen molar-refractivity contribution >= 4 is 38.7 Å². The van der Waals surface area contributed by atoms with E-state index in [0.717, 1.165) is 33.5 Å². The van der Waals surface area contributed by atoms with Crippen LogP contribution in [0.5, 0.6) is 0 Å². The standard InChI is InChI=1S/C14H14BrN3O2/c1-2-8-3-4-9-11(7-8)18-13(15)10(5-6-12(19)20)17-14(18)16-9/h3-4,7H,2,5-6H2,1H3,(H,16,17)(H,19,20). The lowest BCUT2D eigenvalue weighted by molar-refractivity contribution is -0.136. The fourth-order valence-corrected chi connectivity index (χ4v) is 3.00. The topological polar surface area (TPSA) is 70.4 Å². The fourth-order valence-electron chi connectivity index (χ4n) is 2.34. The quantitative estimate of drug-likeness (QED) is 0.769.